The van der Waals surface area contributed by atoms with E-state index in [2.05, 4.69) is 15.9 Å². The quantitative estimate of drug-likeness (QED) is 0.914. The highest BCUT2D eigenvalue weighted by atomic mass is 79.9. The van der Waals surface area contributed by atoms with E-state index in [1.54, 1.807) is 29.5 Å². The van der Waals surface area contributed by atoms with E-state index in [9.17, 15) is 4.39 Å². The Morgan fingerprint density at radius 3 is 2.81 bits per heavy atom. The number of hydrogen-bond donors (Lipinski definition) is 1. The van der Waals surface area contributed by atoms with Crippen LogP contribution in [0.25, 0.3) is 0 Å². The summed E-state index contributed by atoms with van der Waals surface area (Å²) in [6.45, 7) is 0. The largest absolute Gasteiger partial charge is 0.324 e. The fraction of sp³-hybridized carbons (Fsp3) is 0.167. The molecule has 2 N–H and O–H groups in total. The lowest BCUT2D eigenvalue weighted by Crippen LogP contribution is -2.14. The van der Waals surface area contributed by atoms with E-state index in [4.69, 9.17) is 5.73 Å². The second kappa shape index (κ2) is 5.08. The number of rotatable bonds is 3. The molecular weight excluding hydrogens is 289 g/mol. The van der Waals surface area contributed by atoms with Crippen molar-refractivity contribution < 1.29 is 4.39 Å². The topological polar surface area (TPSA) is 26.0 Å². The van der Waals surface area contributed by atoms with Crippen molar-refractivity contribution in [1.82, 2.24) is 0 Å². The van der Waals surface area contributed by atoms with Crippen LogP contribution >= 0.6 is 27.3 Å². The van der Waals surface area contributed by atoms with Gasteiger partial charge in [-0.15, -0.1) is 11.3 Å². The minimum atomic E-state index is -0.295. The zero-order valence-electron chi connectivity index (χ0n) is 8.49. The molecule has 1 aromatic heterocycles. The Bertz CT molecular complexity index is 470. The maximum Gasteiger partial charge on any atom is 0.142 e. The van der Waals surface area contributed by atoms with Gasteiger partial charge in [-0.05, 0) is 33.4 Å². The van der Waals surface area contributed by atoms with Crippen LogP contribution in [0.5, 0.6) is 0 Å². The molecule has 1 unspecified atom stereocenters. The number of hydrogen-bond acceptors (Lipinski definition) is 2. The first kappa shape index (κ1) is 11.8. The van der Waals surface area contributed by atoms with Gasteiger partial charge < -0.3 is 5.73 Å². The van der Waals surface area contributed by atoms with Crippen LogP contribution in [-0.2, 0) is 6.42 Å². The Morgan fingerprint density at radius 2 is 2.12 bits per heavy atom. The highest BCUT2D eigenvalue weighted by molar-refractivity contribution is 9.10. The van der Waals surface area contributed by atoms with Gasteiger partial charge in [0.15, 0.2) is 0 Å². The van der Waals surface area contributed by atoms with E-state index in [1.165, 1.54) is 4.88 Å². The SMILES string of the molecule is NC(Cc1cccs1)c1cccc(Br)c1F. The summed E-state index contributed by atoms with van der Waals surface area (Å²) < 4.78 is 14.2. The Kier molecular flexibility index (Phi) is 3.74. The minimum Gasteiger partial charge on any atom is -0.324 e. The molecule has 84 valence electrons. The summed E-state index contributed by atoms with van der Waals surface area (Å²) in [5.41, 5.74) is 6.56. The average Bonchev–Trinajstić information content (AvgIpc) is 2.74. The van der Waals surface area contributed by atoms with Crippen molar-refractivity contribution in [2.24, 2.45) is 5.73 Å². The Morgan fingerprint density at radius 1 is 1.31 bits per heavy atom. The molecule has 1 aromatic carbocycles. The third-order valence-corrected chi connectivity index (χ3v) is 3.89. The van der Waals surface area contributed by atoms with Crippen LogP contribution in [-0.4, -0.2) is 0 Å². The fourth-order valence-corrected chi connectivity index (χ4v) is 2.71. The number of benzene rings is 1. The van der Waals surface area contributed by atoms with Crippen molar-refractivity contribution >= 4 is 27.3 Å². The van der Waals surface area contributed by atoms with Gasteiger partial charge in [0.25, 0.3) is 0 Å². The molecule has 0 aliphatic rings. The van der Waals surface area contributed by atoms with Crippen LogP contribution in [0.2, 0.25) is 0 Å². The molecule has 2 rings (SSSR count). The maximum absolute atomic E-state index is 13.8. The van der Waals surface area contributed by atoms with Crippen LogP contribution in [0.3, 0.4) is 0 Å². The van der Waals surface area contributed by atoms with Crippen LogP contribution < -0.4 is 5.73 Å². The molecule has 0 bridgehead atoms. The highest BCUT2D eigenvalue weighted by Gasteiger charge is 2.14. The highest BCUT2D eigenvalue weighted by Crippen LogP contribution is 2.25. The molecule has 0 radical (unpaired) electrons. The van der Waals surface area contributed by atoms with Crippen LogP contribution in [0, 0.1) is 5.82 Å². The van der Waals surface area contributed by atoms with E-state index in [0.717, 1.165) is 0 Å². The summed E-state index contributed by atoms with van der Waals surface area (Å²) in [5, 5.41) is 2.00. The lowest BCUT2D eigenvalue weighted by molar-refractivity contribution is 0.576. The van der Waals surface area contributed by atoms with Crippen LogP contribution in [0.1, 0.15) is 16.5 Å². The molecule has 0 aliphatic heterocycles. The van der Waals surface area contributed by atoms with Crippen LogP contribution in [0.15, 0.2) is 40.2 Å². The smallest absolute Gasteiger partial charge is 0.142 e. The molecule has 2 aromatic rings. The third-order valence-electron chi connectivity index (χ3n) is 2.38. The molecular formula is C12H11BrFNS. The van der Waals surface area contributed by atoms with Gasteiger partial charge in [0, 0.05) is 22.9 Å². The molecule has 0 fully saturated rings. The average molecular weight is 300 g/mol. The standard InChI is InChI=1S/C12H11BrFNS/c13-10-5-1-4-9(12(10)14)11(15)7-8-3-2-6-16-8/h1-6,11H,7,15H2. The first-order chi connectivity index (χ1) is 7.68. The van der Waals surface area contributed by atoms with Crippen molar-refractivity contribution in [1.29, 1.82) is 0 Å². The van der Waals surface area contributed by atoms with E-state index in [-0.39, 0.29) is 11.9 Å². The molecule has 1 nitrogen and oxygen atoms in total. The first-order valence-electron chi connectivity index (χ1n) is 4.90. The number of halogens is 2. The molecule has 0 amide bonds. The summed E-state index contributed by atoms with van der Waals surface area (Å²) in [4.78, 5) is 1.17. The first-order valence-corrected chi connectivity index (χ1v) is 6.57. The van der Waals surface area contributed by atoms with Crippen molar-refractivity contribution in [3.63, 3.8) is 0 Å². The van der Waals surface area contributed by atoms with Gasteiger partial charge in [-0.2, -0.15) is 0 Å². The number of thiophene rings is 1. The monoisotopic (exact) mass is 299 g/mol. The maximum atomic E-state index is 13.8. The summed E-state index contributed by atoms with van der Waals surface area (Å²) >= 11 is 4.81. The predicted molar refractivity (Wildman–Crippen MR) is 69.1 cm³/mol. The Hall–Kier alpha value is -0.710. The second-order valence-corrected chi connectivity index (χ2v) is 5.42. The van der Waals surface area contributed by atoms with E-state index < -0.39 is 0 Å². The Labute approximate surface area is 106 Å². The third kappa shape index (κ3) is 2.51. The van der Waals surface area contributed by atoms with Gasteiger partial charge in [-0.3, -0.25) is 0 Å². The van der Waals surface area contributed by atoms with Gasteiger partial charge in [0.1, 0.15) is 5.82 Å². The van der Waals surface area contributed by atoms with Crippen molar-refractivity contribution in [3.8, 4) is 0 Å². The normalized spacial score (nSPS) is 12.7. The number of nitrogens with two attached hydrogens (primary N) is 1. The van der Waals surface area contributed by atoms with Gasteiger partial charge in [-0.1, -0.05) is 18.2 Å². The van der Waals surface area contributed by atoms with Crippen molar-refractivity contribution in [2.75, 3.05) is 0 Å². The van der Waals surface area contributed by atoms with E-state index >= 15 is 0 Å². The zero-order chi connectivity index (χ0) is 11.5. The predicted octanol–water partition coefficient (Wildman–Crippen LogP) is 3.89. The van der Waals surface area contributed by atoms with Crippen LogP contribution in [0.4, 0.5) is 4.39 Å². The summed E-state index contributed by atoms with van der Waals surface area (Å²) in [6.07, 6.45) is 0.672. The molecule has 0 aliphatic carbocycles. The lowest BCUT2D eigenvalue weighted by Gasteiger charge is -2.12. The molecule has 1 heterocycles. The van der Waals surface area contributed by atoms with Gasteiger partial charge in [0.05, 0.1) is 4.47 Å². The minimum absolute atomic E-state index is 0.258. The fourth-order valence-electron chi connectivity index (χ4n) is 1.56. The van der Waals surface area contributed by atoms with E-state index in [0.29, 0.717) is 16.5 Å². The van der Waals surface area contributed by atoms with Gasteiger partial charge in [0.2, 0.25) is 0 Å². The van der Waals surface area contributed by atoms with E-state index in [1.807, 2.05) is 17.5 Å². The molecule has 0 spiro atoms. The molecule has 16 heavy (non-hydrogen) atoms. The Balaban J connectivity index is 2.21. The summed E-state index contributed by atoms with van der Waals surface area (Å²) in [6, 6.07) is 8.91. The molecule has 1 atom stereocenters. The molecule has 0 saturated heterocycles. The van der Waals surface area contributed by atoms with Crippen molar-refractivity contribution in [2.45, 2.75) is 12.5 Å². The molecule has 4 heteroatoms. The summed E-state index contributed by atoms with van der Waals surface area (Å²) in [5.74, 6) is -0.258. The molecule has 0 saturated carbocycles. The summed E-state index contributed by atoms with van der Waals surface area (Å²) in [7, 11) is 0. The van der Waals surface area contributed by atoms with Gasteiger partial charge in [-0.25, -0.2) is 4.39 Å². The van der Waals surface area contributed by atoms with Crippen molar-refractivity contribution in [3.05, 3.63) is 56.4 Å². The lowest BCUT2D eigenvalue weighted by atomic mass is 10.0. The zero-order valence-corrected chi connectivity index (χ0v) is 10.9. The second-order valence-electron chi connectivity index (χ2n) is 3.53. The van der Waals surface area contributed by atoms with Gasteiger partial charge >= 0.3 is 0 Å².